The highest BCUT2D eigenvalue weighted by atomic mass is 16.3. The Kier molecular flexibility index (Phi) is 4.25. The predicted octanol–water partition coefficient (Wildman–Crippen LogP) is 0.184. The van der Waals surface area contributed by atoms with Crippen molar-refractivity contribution in [1.29, 1.82) is 0 Å². The van der Waals surface area contributed by atoms with Gasteiger partial charge in [-0.3, -0.25) is 9.59 Å². The SMILES string of the molecule is CCC(CO)NC(=O)c1c(C)cc[nH]c1=O. The zero-order valence-corrected chi connectivity index (χ0v) is 9.41. The van der Waals surface area contributed by atoms with Crippen molar-refractivity contribution in [3.8, 4) is 0 Å². The largest absolute Gasteiger partial charge is 0.394 e. The fourth-order valence-electron chi connectivity index (χ4n) is 1.39. The molecule has 1 heterocycles. The summed E-state index contributed by atoms with van der Waals surface area (Å²) in [6.45, 7) is 3.42. The fraction of sp³-hybridized carbons (Fsp3) is 0.455. The van der Waals surface area contributed by atoms with Crippen LogP contribution in [0.1, 0.15) is 29.3 Å². The van der Waals surface area contributed by atoms with Gasteiger partial charge >= 0.3 is 0 Å². The Morgan fingerprint density at radius 3 is 2.81 bits per heavy atom. The van der Waals surface area contributed by atoms with Crippen LogP contribution in [0, 0.1) is 6.92 Å². The van der Waals surface area contributed by atoms with Crippen molar-refractivity contribution in [2.75, 3.05) is 6.61 Å². The number of amides is 1. The molecule has 0 bridgehead atoms. The highest BCUT2D eigenvalue weighted by molar-refractivity contribution is 5.95. The molecule has 0 aromatic carbocycles. The Balaban J connectivity index is 2.93. The first-order valence-electron chi connectivity index (χ1n) is 5.20. The van der Waals surface area contributed by atoms with Crippen LogP contribution in [0.15, 0.2) is 17.1 Å². The molecule has 0 saturated carbocycles. The van der Waals surface area contributed by atoms with E-state index in [1.807, 2.05) is 6.92 Å². The van der Waals surface area contributed by atoms with E-state index in [2.05, 4.69) is 10.3 Å². The molecule has 88 valence electrons. The molecule has 0 radical (unpaired) electrons. The van der Waals surface area contributed by atoms with E-state index in [1.54, 1.807) is 13.0 Å². The number of nitrogens with one attached hydrogen (secondary N) is 2. The lowest BCUT2D eigenvalue weighted by Crippen LogP contribution is -2.39. The van der Waals surface area contributed by atoms with Gasteiger partial charge in [0.1, 0.15) is 5.56 Å². The smallest absolute Gasteiger partial charge is 0.261 e. The average Bonchev–Trinajstić information content (AvgIpc) is 2.25. The second kappa shape index (κ2) is 5.46. The average molecular weight is 224 g/mol. The highest BCUT2D eigenvalue weighted by Crippen LogP contribution is 2.01. The normalized spacial score (nSPS) is 12.2. The first-order valence-corrected chi connectivity index (χ1v) is 5.20. The maximum Gasteiger partial charge on any atom is 0.261 e. The lowest BCUT2D eigenvalue weighted by molar-refractivity contribution is 0.0912. The van der Waals surface area contributed by atoms with Crippen LogP contribution in [0.2, 0.25) is 0 Å². The van der Waals surface area contributed by atoms with Crippen molar-refractivity contribution in [3.05, 3.63) is 33.7 Å². The minimum Gasteiger partial charge on any atom is -0.394 e. The topological polar surface area (TPSA) is 82.2 Å². The van der Waals surface area contributed by atoms with E-state index < -0.39 is 11.5 Å². The Hall–Kier alpha value is -1.62. The van der Waals surface area contributed by atoms with Gasteiger partial charge in [0.15, 0.2) is 0 Å². The number of hydrogen-bond acceptors (Lipinski definition) is 3. The molecule has 5 nitrogen and oxygen atoms in total. The monoisotopic (exact) mass is 224 g/mol. The Morgan fingerprint density at radius 1 is 1.62 bits per heavy atom. The molecule has 0 saturated heterocycles. The van der Waals surface area contributed by atoms with Gasteiger partial charge in [-0.25, -0.2) is 0 Å². The molecule has 1 amide bonds. The number of pyridine rings is 1. The molecular formula is C11H16N2O3. The first-order chi connectivity index (χ1) is 7.60. The molecule has 16 heavy (non-hydrogen) atoms. The fourth-order valence-corrected chi connectivity index (χ4v) is 1.39. The molecule has 0 fully saturated rings. The first kappa shape index (κ1) is 12.4. The van der Waals surface area contributed by atoms with Gasteiger partial charge in [0.2, 0.25) is 0 Å². The Labute approximate surface area is 93.5 Å². The predicted molar refractivity (Wildman–Crippen MR) is 60.4 cm³/mol. The molecule has 1 unspecified atom stereocenters. The van der Waals surface area contributed by atoms with Crippen molar-refractivity contribution in [2.45, 2.75) is 26.3 Å². The number of aromatic amines is 1. The molecule has 1 aromatic rings. The van der Waals surface area contributed by atoms with Gasteiger partial charge in [0.05, 0.1) is 12.6 Å². The van der Waals surface area contributed by atoms with Crippen LogP contribution in [-0.2, 0) is 0 Å². The van der Waals surface area contributed by atoms with Gasteiger partial charge in [-0.15, -0.1) is 0 Å². The summed E-state index contributed by atoms with van der Waals surface area (Å²) in [5, 5.41) is 11.6. The molecule has 0 spiro atoms. The number of aromatic nitrogens is 1. The van der Waals surface area contributed by atoms with Crippen molar-refractivity contribution in [1.82, 2.24) is 10.3 Å². The van der Waals surface area contributed by atoms with Gasteiger partial charge in [0, 0.05) is 6.20 Å². The van der Waals surface area contributed by atoms with Crippen molar-refractivity contribution >= 4 is 5.91 Å². The van der Waals surface area contributed by atoms with Crippen LogP contribution in [0.5, 0.6) is 0 Å². The zero-order chi connectivity index (χ0) is 12.1. The summed E-state index contributed by atoms with van der Waals surface area (Å²) in [4.78, 5) is 25.7. The number of carbonyl (C=O) groups excluding carboxylic acids is 1. The lowest BCUT2D eigenvalue weighted by Gasteiger charge is -2.14. The molecule has 0 aliphatic carbocycles. The number of aliphatic hydroxyl groups is 1. The number of rotatable bonds is 4. The molecule has 1 atom stereocenters. The van der Waals surface area contributed by atoms with Crippen LogP contribution >= 0.6 is 0 Å². The van der Waals surface area contributed by atoms with Gasteiger partial charge in [-0.2, -0.15) is 0 Å². The van der Waals surface area contributed by atoms with Gasteiger partial charge in [-0.1, -0.05) is 6.92 Å². The van der Waals surface area contributed by atoms with Gasteiger partial charge in [0.25, 0.3) is 11.5 Å². The summed E-state index contributed by atoms with van der Waals surface area (Å²) in [5.41, 5.74) is 0.314. The van der Waals surface area contributed by atoms with E-state index in [-0.39, 0.29) is 18.2 Å². The van der Waals surface area contributed by atoms with E-state index in [0.29, 0.717) is 12.0 Å². The third-order valence-electron chi connectivity index (χ3n) is 2.44. The Morgan fingerprint density at radius 2 is 2.31 bits per heavy atom. The minimum absolute atomic E-state index is 0.106. The number of carbonyl (C=O) groups is 1. The number of hydrogen-bond donors (Lipinski definition) is 3. The van der Waals surface area contributed by atoms with E-state index in [1.165, 1.54) is 6.20 Å². The molecule has 5 heteroatoms. The van der Waals surface area contributed by atoms with Gasteiger partial charge < -0.3 is 15.4 Å². The Bertz CT molecular complexity index is 421. The third-order valence-corrected chi connectivity index (χ3v) is 2.44. The van der Waals surface area contributed by atoms with Crippen LogP contribution in [0.3, 0.4) is 0 Å². The van der Waals surface area contributed by atoms with E-state index in [4.69, 9.17) is 5.11 Å². The van der Waals surface area contributed by atoms with Crippen LogP contribution < -0.4 is 10.9 Å². The lowest BCUT2D eigenvalue weighted by atomic mass is 10.1. The zero-order valence-electron chi connectivity index (χ0n) is 9.41. The van der Waals surface area contributed by atoms with Crippen molar-refractivity contribution in [2.24, 2.45) is 0 Å². The number of H-pyrrole nitrogens is 1. The molecular weight excluding hydrogens is 208 g/mol. The quantitative estimate of drug-likeness (QED) is 0.682. The second-order valence-corrected chi connectivity index (χ2v) is 3.63. The van der Waals surface area contributed by atoms with Crippen molar-refractivity contribution in [3.63, 3.8) is 0 Å². The molecule has 1 rings (SSSR count). The molecule has 0 aliphatic rings. The molecule has 0 aliphatic heterocycles. The van der Waals surface area contributed by atoms with Gasteiger partial charge in [-0.05, 0) is 25.0 Å². The van der Waals surface area contributed by atoms with Crippen LogP contribution in [0.4, 0.5) is 0 Å². The van der Waals surface area contributed by atoms with E-state index >= 15 is 0 Å². The van der Waals surface area contributed by atoms with Crippen molar-refractivity contribution < 1.29 is 9.90 Å². The molecule has 1 aromatic heterocycles. The maximum atomic E-state index is 11.8. The standard InChI is InChI=1S/C11H16N2O3/c1-3-8(6-14)13-11(16)9-7(2)4-5-12-10(9)15/h4-5,8,14H,3,6H2,1-2H3,(H,12,15)(H,13,16). The second-order valence-electron chi connectivity index (χ2n) is 3.63. The van der Waals surface area contributed by atoms with E-state index in [0.717, 1.165) is 0 Å². The number of aliphatic hydroxyl groups excluding tert-OH is 1. The summed E-state index contributed by atoms with van der Waals surface area (Å²) < 4.78 is 0. The highest BCUT2D eigenvalue weighted by Gasteiger charge is 2.16. The summed E-state index contributed by atoms with van der Waals surface area (Å²) in [7, 11) is 0. The number of aryl methyl sites for hydroxylation is 1. The minimum atomic E-state index is -0.444. The van der Waals surface area contributed by atoms with Crippen LogP contribution in [-0.4, -0.2) is 28.6 Å². The summed E-state index contributed by atoms with van der Waals surface area (Å²) >= 11 is 0. The summed E-state index contributed by atoms with van der Waals surface area (Å²) in [6.07, 6.45) is 2.11. The van der Waals surface area contributed by atoms with E-state index in [9.17, 15) is 9.59 Å². The molecule has 3 N–H and O–H groups in total. The summed E-state index contributed by atoms with van der Waals surface area (Å²) in [5.74, 6) is -0.444. The maximum absolute atomic E-state index is 11.8. The third kappa shape index (κ3) is 2.70. The summed E-state index contributed by atoms with van der Waals surface area (Å²) in [6, 6.07) is 1.35. The van der Waals surface area contributed by atoms with Crippen LogP contribution in [0.25, 0.3) is 0 Å².